The molecule has 1 aliphatic rings. The molecule has 1 atom stereocenters. The van der Waals surface area contributed by atoms with Gasteiger partial charge in [-0.25, -0.2) is 0 Å². The highest BCUT2D eigenvalue weighted by atomic mass is 35.5. The Kier molecular flexibility index (Phi) is 5.01. The number of carbonyl (C=O) groups excluding carboxylic acids is 1. The van der Waals surface area contributed by atoms with Crippen LogP contribution in [0.5, 0.6) is 0 Å². The SMILES string of the molecule is CCC(=O)N(CC)C[C@H]1CC(c2ccc(Cl)cc2)=NO1. The summed E-state index contributed by atoms with van der Waals surface area (Å²) in [7, 11) is 0. The van der Waals surface area contributed by atoms with Gasteiger partial charge in [0.15, 0.2) is 6.10 Å². The van der Waals surface area contributed by atoms with E-state index in [0.717, 1.165) is 17.7 Å². The van der Waals surface area contributed by atoms with Crippen LogP contribution in [0.3, 0.4) is 0 Å². The Labute approximate surface area is 124 Å². The first kappa shape index (κ1) is 14.9. The van der Waals surface area contributed by atoms with Crippen molar-refractivity contribution < 1.29 is 9.63 Å². The Morgan fingerprint density at radius 1 is 1.40 bits per heavy atom. The van der Waals surface area contributed by atoms with Crippen molar-refractivity contribution in [2.75, 3.05) is 13.1 Å². The molecular weight excluding hydrogens is 276 g/mol. The molecule has 0 unspecified atom stereocenters. The van der Waals surface area contributed by atoms with E-state index in [2.05, 4.69) is 5.16 Å². The summed E-state index contributed by atoms with van der Waals surface area (Å²) < 4.78 is 0. The van der Waals surface area contributed by atoms with Crippen LogP contribution in [-0.4, -0.2) is 35.7 Å². The largest absolute Gasteiger partial charge is 0.390 e. The monoisotopic (exact) mass is 294 g/mol. The lowest BCUT2D eigenvalue weighted by atomic mass is 10.0. The maximum absolute atomic E-state index is 11.7. The third kappa shape index (κ3) is 3.51. The minimum absolute atomic E-state index is 0.0591. The number of amides is 1. The summed E-state index contributed by atoms with van der Waals surface area (Å²) in [5.74, 6) is 0.149. The number of likely N-dealkylation sites (N-methyl/N-ethyl adjacent to an activating group) is 1. The first-order valence-corrected chi connectivity index (χ1v) is 7.28. The standard InChI is InChI=1S/C15H19ClN2O2/c1-3-15(19)18(4-2)10-13-9-14(17-20-13)11-5-7-12(16)8-6-11/h5-8,13H,3-4,9-10H2,1-2H3/t13-/m1/s1. The number of nitrogens with zero attached hydrogens (tertiary/aromatic N) is 2. The molecule has 0 spiro atoms. The lowest BCUT2D eigenvalue weighted by molar-refractivity contribution is -0.132. The summed E-state index contributed by atoms with van der Waals surface area (Å²) in [5, 5.41) is 4.83. The molecule has 0 aromatic heterocycles. The van der Waals surface area contributed by atoms with Crippen molar-refractivity contribution in [1.82, 2.24) is 4.90 Å². The van der Waals surface area contributed by atoms with E-state index in [4.69, 9.17) is 16.4 Å². The highest BCUT2D eigenvalue weighted by Gasteiger charge is 2.25. The van der Waals surface area contributed by atoms with E-state index in [-0.39, 0.29) is 12.0 Å². The molecule has 0 N–H and O–H groups in total. The zero-order chi connectivity index (χ0) is 14.5. The Hall–Kier alpha value is -1.55. The van der Waals surface area contributed by atoms with Gasteiger partial charge in [-0.1, -0.05) is 35.8 Å². The Bertz CT molecular complexity index is 499. The van der Waals surface area contributed by atoms with Gasteiger partial charge < -0.3 is 9.74 Å². The average molecular weight is 295 g/mol. The summed E-state index contributed by atoms with van der Waals surface area (Å²) in [6.07, 6.45) is 1.18. The molecule has 20 heavy (non-hydrogen) atoms. The maximum Gasteiger partial charge on any atom is 0.222 e. The molecule has 0 fully saturated rings. The van der Waals surface area contributed by atoms with Crippen LogP contribution in [-0.2, 0) is 9.63 Å². The first-order valence-electron chi connectivity index (χ1n) is 6.90. The van der Waals surface area contributed by atoms with Gasteiger partial charge in [-0.3, -0.25) is 4.79 Å². The third-order valence-electron chi connectivity index (χ3n) is 3.37. The molecule has 1 heterocycles. The van der Waals surface area contributed by atoms with E-state index in [9.17, 15) is 4.79 Å². The fourth-order valence-electron chi connectivity index (χ4n) is 2.22. The predicted molar refractivity (Wildman–Crippen MR) is 80.0 cm³/mol. The summed E-state index contributed by atoms with van der Waals surface area (Å²) >= 11 is 5.87. The van der Waals surface area contributed by atoms with Crippen LogP contribution in [0.25, 0.3) is 0 Å². The second-order valence-corrected chi connectivity index (χ2v) is 5.20. The van der Waals surface area contributed by atoms with Crippen molar-refractivity contribution in [2.45, 2.75) is 32.8 Å². The summed E-state index contributed by atoms with van der Waals surface area (Å²) in [5.41, 5.74) is 1.92. The molecule has 1 aliphatic heterocycles. The maximum atomic E-state index is 11.7. The molecule has 1 amide bonds. The predicted octanol–water partition coefficient (Wildman–Crippen LogP) is 3.09. The Balaban J connectivity index is 1.94. The second kappa shape index (κ2) is 6.75. The molecule has 2 rings (SSSR count). The fourth-order valence-corrected chi connectivity index (χ4v) is 2.34. The third-order valence-corrected chi connectivity index (χ3v) is 3.62. The normalized spacial score (nSPS) is 17.6. The number of benzene rings is 1. The Morgan fingerprint density at radius 2 is 2.10 bits per heavy atom. The van der Waals surface area contributed by atoms with E-state index in [1.54, 1.807) is 0 Å². The molecular formula is C15H19ClN2O2. The molecule has 0 aliphatic carbocycles. The Morgan fingerprint density at radius 3 is 2.70 bits per heavy atom. The molecule has 108 valence electrons. The summed E-state index contributed by atoms with van der Waals surface area (Å²) in [4.78, 5) is 19.0. The summed E-state index contributed by atoms with van der Waals surface area (Å²) in [6.45, 7) is 5.13. The molecule has 5 heteroatoms. The van der Waals surface area contributed by atoms with Gasteiger partial charge in [-0.05, 0) is 24.6 Å². The topological polar surface area (TPSA) is 41.9 Å². The minimum Gasteiger partial charge on any atom is -0.390 e. The zero-order valence-electron chi connectivity index (χ0n) is 11.8. The van der Waals surface area contributed by atoms with Crippen molar-refractivity contribution in [1.29, 1.82) is 0 Å². The van der Waals surface area contributed by atoms with Gasteiger partial charge >= 0.3 is 0 Å². The van der Waals surface area contributed by atoms with E-state index < -0.39 is 0 Å². The van der Waals surface area contributed by atoms with Gasteiger partial charge in [-0.15, -0.1) is 0 Å². The molecule has 0 saturated carbocycles. The molecule has 1 aromatic carbocycles. The molecule has 0 bridgehead atoms. The first-order chi connectivity index (χ1) is 9.63. The number of hydrogen-bond acceptors (Lipinski definition) is 3. The lowest BCUT2D eigenvalue weighted by Crippen LogP contribution is -2.37. The highest BCUT2D eigenvalue weighted by Crippen LogP contribution is 2.19. The van der Waals surface area contributed by atoms with Gasteiger partial charge in [0.25, 0.3) is 0 Å². The van der Waals surface area contributed by atoms with Crippen LogP contribution < -0.4 is 0 Å². The van der Waals surface area contributed by atoms with Gasteiger partial charge in [0.1, 0.15) is 0 Å². The van der Waals surface area contributed by atoms with Crippen LogP contribution in [0.15, 0.2) is 29.4 Å². The molecule has 4 nitrogen and oxygen atoms in total. The lowest BCUT2D eigenvalue weighted by Gasteiger charge is -2.22. The van der Waals surface area contributed by atoms with Crippen molar-refractivity contribution in [2.24, 2.45) is 5.16 Å². The van der Waals surface area contributed by atoms with Gasteiger partial charge in [0.05, 0.1) is 12.3 Å². The van der Waals surface area contributed by atoms with Crippen LogP contribution in [0.2, 0.25) is 5.02 Å². The molecule has 1 aromatic rings. The van der Waals surface area contributed by atoms with Crippen LogP contribution in [0.4, 0.5) is 0 Å². The van der Waals surface area contributed by atoms with Gasteiger partial charge in [0.2, 0.25) is 5.91 Å². The number of oxime groups is 1. The zero-order valence-corrected chi connectivity index (χ0v) is 12.6. The smallest absolute Gasteiger partial charge is 0.222 e. The average Bonchev–Trinajstić information content (AvgIpc) is 2.93. The van der Waals surface area contributed by atoms with E-state index >= 15 is 0 Å². The molecule has 0 saturated heterocycles. The second-order valence-electron chi connectivity index (χ2n) is 4.76. The number of carbonyl (C=O) groups is 1. The van der Waals surface area contributed by atoms with Crippen molar-refractivity contribution in [3.63, 3.8) is 0 Å². The van der Waals surface area contributed by atoms with Crippen molar-refractivity contribution >= 4 is 23.2 Å². The summed E-state index contributed by atoms with van der Waals surface area (Å²) in [6, 6.07) is 7.54. The number of hydrogen-bond donors (Lipinski definition) is 0. The number of halogens is 1. The van der Waals surface area contributed by atoms with E-state index in [1.165, 1.54) is 0 Å². The quantitative estimate of drug-likeness (QED) is 0.837. The van der Waals surface area contributed by atoms with Crippen molar-refractivity contribution in [3.05, 3.63) is 34.9 Å². The highest BCUT2D eigenvalue weighted by molar-refractivity contribution is 6.30. The van der Waals surface area contributed by atoms with Crippen LogP contribution >= 0.6 is 11.6 Å². The minimum atomic E-state index is -0.0591. The fraction of sp³-hybridized carbons (Fsp3) is 0.467. The number of rotatable bonds is 5. The van der Waals surface area contributed by atoms with E-state index in [0.29, 0.717) is 24.5 Å². The van der Waals surface area contributed by atoms with Crippen LogP contribution in [0, 0.1) is 0 Å². The van der Waals surface area contributed by atoms with Gasteiger partial charge in [-0.2, -0.15) is 0 Å². The molecule has 0 radical (unpaired) electrons. The van der Waals surface area contributed by atoms with Crippen LogP contribution in [0.1, 0.15) is 32.3 Å². The van der Waals surface area contributed by atoms with Gasteiger partial charge in [0, 0.05) is 24.4 Å². The van der Waals surface area contributed by atoms with E-state index in [1.807, 2.05) is 43.0 Å². The van der Waals surface area contributed by atoms with Crippen molar-refractivity contribution in [3.8, 4) is 0 Å².